The van der Waals surface area contributed by atoms with Gasteiger partial charge in [0.1, 0.15) is 23.3 Å². The molecule has 0 aliphatic carbocycles. The van der Waals surface area contributed by atoms with Gasteiger partial charge in [0.05, 0.1) is 30.8 Å². The molecule has 3 heterocycles. The van der Waals surface area contributed by atoms with Crippen LogP contribution in [0.5, 0.6) is 5.75 Å². The van der Waals surface area contributed by atoms with E-state index in [1.54, 1.807) is 36.8 Å². The van der Waals surface area contributed by atoms with Crippen LogP contribution < -0.4 is 4.74 Å². The minimum absolute atomic E-state index is 0.0665. The van der Waals surface area contributed by atoms with Gasteiger partial charge >= 0.3 is 0 Å². The molecule has 160 valence electrons. The van der Waals surface area contributed by atoms with Crippen molar-refractivity contribution in [1.29, 1.82) is 0 Å². The molecule has 8 nitrogen and oxygen atoms in total. The molecule has 0 saturated carbocycles. The Morgan fingerprint density at radius 2 is 2.13 bits per heavy atom. The Morgan fingerprint density at radius 3 is 2.81 bits per heavy atom. The number of aliphatic hydroxyl groups excluding tert-OH is 1. The Kier molecular flexibility index (Phi) is 5.81. The van der Waals surface area contributed by atoms with Crippen molar-refractivity contribution in [1.82, 2.24) is 14.5 Å². The number of nitrogens with zero attached hydrogens (tertiary/aromatic N) is 3. The van der Waals surface area contributed by atoms with Crippen LogP contribution in [-0.4, -0.2) is 44.9 Å². The quantitative estimate of drug-likeness (QED) is 0.341. The Labute approximate surface area is 183 Å². The van der Waals surface area contributed by atoms with Gasteiger partial charge in [-0.3, -0.25) is 9.59 Å². The number of benzene rings is 1. The molecule has 9 heteroatoms. The Hall–Kier alpha value is -3.52. The number of amides is 1. The lowest BCUT2D eigenvalue weighted by Crippen LogP contribution is -2.31. The summed E-state index contributed by atoms with van der Waals surface area (Å²) >= 11 is 6.09. The number of aromatic nitrogens is 2. The van der Waals surface area contributed by atoms with Gasteiger partial charge in [0, 0.05) is 30.5 Å². The number of imidazole rings is 1. The first-order valence-corrected chi connectivity index (χ1v) is 10.0. The van der Waals surface area contributed by atoms with Gasteiger partial charge in [0.2, 0.25) is 0 Å². The molecule has 1 amide bonds. The second-order valence-corrected chi connectivity index (χ2v) is 7.44. The van der Waals surface area contributed by atoms with Gasteiger partial charge < -0.3 is 23.7 Å². The zero-order valence-electron chi connectivity index (χ0n) is 16.7. The summed E-state index contributed by atoms with van der Waals surface area (Å²) in [7, 11) is 1.44. The summed E-state index contributed by atoms with van der Waals surface area (Å²) in [6.07, 6.45) is 7.22. The number of carbonyl (C=O) groups excluding carboxylic acids is 2. The van der Waals surface area contributed by atoms with Crippen LogP contribution in [0.25, 0.3) is 5.76 Å². The zero-order valence-corrected chi connectivity index (χ0v) is 17.5. The van der Waals surface area contributed by atoms with Crippen LogP contribution in [0.3, 0.4) is 0 Å². The summed E-state index contributed by atoms with van der Waals surface area (Å²) in [5, 5.41) is 11.4. The third-order valence-electron chi connectivity index (χ3n) is 5.14. The van der Waals surface area contributed by atoms with Crippen LogP contribution in [0.4, 0.5) is 0 Å². The summed E-state index contributed by atoms with van der Waals surface area (Å²) in [4.78, 5) is 31.3. The molecule has 1 aliphatic heterocycles. The normalized spacial score (nSPS) is 18.0. The summed E-state index contributed by atoms with van der Waals surface area (Å²) in [5.74, 6) is -1.15. The number of furan rings is 1. The number of halogens is 1. The number of hydrogen-bond donors (Lipinski definition) is 1. The van der Waals surface area contributed by atoms with E-state index in [2.05, 4.69) is 4.98 Å². The highest BCUT2D eigenvalue weighted by molar-refractivity contribution is 6.46. The molecule has 1 aliphatic rings. The molecule has 0 radical (unpaired) electrons. The van der Waals surface area contributed by atoms with Gasteiger partial charge in [0.15, 0.2) is 0 Å². The molecule has 2 aromatic heterocycles. The summed E-state index contributed by atoms with van der Waals surface area (Å²) in [6, 6.07) is 7.15. The SMILES string of the molecule is COc1ccc(Cl)cc1/C(O)=C1\C(=O)C(=O)N(CCCn2ccnc2)[C@@H]1c1ccco1. The number of carbonyl (C=O) groups is 2. The monoisotopic (exact) mass is 441 g/mol. The molecule has 1 atom stereocenters. The molecule has 1 saturated heterocycles. The maximum Gasteiger partial charge on any atom is 0.295 e. The van der Waals surface area contributed by atoms with Crippen molar-refractivity contribution in [2.45, 2.75) is 19.0 Å². The van der Waals surface area contributed by atoms with E-state index in [4.69, 9.17) is 20.8 Å². The fourth-order valence-electron chi connectivity index (χ4n) is 3.71. The van der Waals surface area contributed by atoms with E-state index in [1.807, 2.05) is 10.8 Å². The number of ether oxygens (including phenoxy) is 1. The van der Waals surface area contributed by atoms with Gasteiger partial charge in [0.25, 0.3) is 11.7 Å². The number of likely N-dealkylation sites (tertiary alicyclic amines) is 1. The number of rotatable bonds is 7. The van der Waals surface area contributed by atoms with Crippen LogP contribution in [0.15, 0.2) is 65.3 Å². The van der Waals surface area contributed by atoms with Crippen molar-refractivity contribution >= 4 is 29.1 Å². The van der Waals surface area contributed by atoms with Crippen molar-refractivity contribution in [2.24, 2.45) is 0 Å². The number of ketones is 1. The van der Waals surface area contributed by atoms with Crippen LogP contribution in [0, 0.1) is 0 Å². The highest BCUT2D eigenvalue weighted by Crippen LogP contribution is 2.41. The van der Waals surface area contributed by atoms with E-state index in [-0.39, 0.29) is 23.4 Å². The molecule has 1 N–H and O–H groups in total. The van der Waals surface area contributed by atoms with E-state index in [0.29, 0.717) is 29.5 Å². The second-order valence-electron chi connectivity index (χ2n) is 7.01. The lowest BCUT2D eigenvalue weighted by molar-refractivity contribution is -0.140. The Morgan fingerprint density at radius 1 is 1.29 bits per heavy atom. The average molecular weight is 442 g/mol. The first kappa shape index (κ1) is 20.7. The van der Waals surface area contributed by atoms with Crippen LogP contribution in [-0.2, 0) is 16.1 Å². The third-order valence-corrected chi connectivity index (χ3v) is 5.38. The van der Waals surface area contributed by atoms with E-state index in [1.165, 1.54) is 24.3 Å². The predicted molar refractivity (Wildman–Crippen MR) is 113 cm³/mol. The fraction of sp³-hybridized carbons (Fsp3) is 0.227. The van der Waals surface area contributed by atoms with Gasteiger partial charge in [-0.2, -0.15) is 0 Å². The average Bonchev–Trinajstić information content (AvgIpc) is 3.52. The third kappa shape index (κ3) is 3.94. The number of Topliss-reactive ketones (excluding diaryl/α,β-unsaturated/α-hetero) is 1. The smallest absolute Gasteiger partial charge is 0.295 e. The maximum absolute atomic E-state index is 13.0. The number of aryl methyl sites for hydroxylation is 1. The summed E-state index contributed by atoms with van der Waals surface area (Å²) in [6.45, 7) is 0.910. The predicted octanol–water partition coefficient (Wildman–Crippen LogP) is 3.65. The molecule has 1 aromatic carbocycles. The summed E-state index contributed by atoms with van der Waals surface area (Å²) in [5.41, 5.74) is 0.158. The Balaban J connectivity index is 1.74. The van der Waals surface area contributed by atoms with E-state index in [9.17, 15) is 14.7 Å². The van der Waals surface area contributed by atoms with Crippen molar-refractivity contribution in [3.63, 3.8) is 0 Å². The van der Waals surface area contributed by atoms with Gasteiger partial charge in [-0.05, 0) is 36.8 Å². The molecule has 0 bridgehead atoms. The molecule has 0 spiro atoms. The number of aliphatic hydroxyl groups is 1. The van der Waals surface area contributed by atoms with Crippen LogP contribution in [0.1, 0.15) is 23.8 Å². The topological polar surface area (TPSA) is 97.8 Å². The minimum atomic E-state index is -0.860. The molecule has 3 aromatic rings. The molecular weight excluding hydrogens is 422 g/mol. The number of hydrogen-bond acceptors (Lipinski definition) is 6. The molecular formula is C22H20ClN3O5. The lowest BCUT2D eigenvalue weighted by Gasteiger charge is -2.23. The van der Waals surface area contributed by atoms with Crippen molar-refractivity contribution in [3.05, 3.63) is 77.2 Å². The number of methoxy groups -OCH3 is 1. The molecule has 1 fully saturated rings. The van der Waals surface area contributed by atoms with Crippen LogP contribution >= 0.6 is 11.6 Å². The standard InChI is InChI=1S/C22H20ClN3O5/c1-30-16-6-5-14(23)12-15(16)20(27)18-19(17-4-2-11-31-17)26(22(29)21(18)28)9-3-8-25-10-7-24-13-25/h2,4-7,10-13,19,27H,3,8-9H2,1H3/b20-18+/t19-/m1/s1. The zero-order chi connectivity index (χ0) is 22.0. The van der Waals surface area contributed by atoms with Crippen molar-refractivity contribution in [2.75, 3.05) is 13.7 Å². The highest BCUT2D eigenvalue weighted by Gasteiger charge is 2.47. The lowest BCUT2D eigenvalue weighted by atomic mass is 9.98. The molecule has 0 unspecified atom stereocenters. The maximum atomic E-state index is 13.0. The van der Waals surface area contributed by atoms with Gasteiger partial charge in [-0.1, -0.05) is 11.6 Å². The van der Waals surface area contributed by atoms with Crippen molar-refractivity contribution < 1.29 is 23.8 Å². The second kappa shape index (κ2) is 8.69. The molecule has 31 heavy (non-hydrogen) atoms. The minimum Gasteiger partial charge on any atom is -0.507 e. The Bertz CT molecular complexity index is 1120. The largest absolute Gasteiger partial charge is 0.507 e. The highest BCUT2D eigenvalue weighted by atomic mass is 35.5. The van der Waals surface area contributed by atoms with Crippen molar-refractivity contribution in [3.8, 4) is 5.75 Å². The van der Waals surface area contributed by atoms with E-state index >= 15 is 0 Å². The first-order chi connectivity index (χ1) is 15.0. The van der Waals surface area contributed by atoms with E-state index < -0.39 is 17.7 Å². The van der Waals surface area contributed by atoms with Crippen LogP contribution in [0.2, 0.25) is 5.02 Å². The summed E-state index contributed by atoms with van der Waals surface area (Å²) < 4.78 is 12.7. The fourth-order valence-corrected chi connectivity index (χ4v) is 3.88. The van der Waals surface area contributed by atoms with Gasteiger partial charge in [-0.25, -0.2) is 4.98 Å². The molecule has 4 rings (SSSR count). The van der Waals surface area contributed by atoms with E-state index in [0.717, 1.165) is 0 Å². The first-order valence-electron chi connectivity index (χ1n) is 9.62. The van der Waals surface area contributed by atoms with Gasteiger partial charge in [-0.15, -0.1) is 0 Å².